The summed E-state index contributed by atoms with van der Waals surface area (Å²) in [5.41, 5.74) is 8.01. The maximum absolute atomic E-state index is 12.7. The van der Waals surface area contributed by atoms with Crippen LogP contribution in [-0.4, -0.2) is 34.5 Å². The van der Waals surface area contributed by atoms with Gasteiger partial charge in [-0.05, 0) is 43.0 Å². The zero-order valence-corrected chi connectivity index (χ0v) is 16.3. The lowest BCUT2D eigenvalue weighted by atomic mass is 9.71. The molecular formula is C20H19F3N4OS. The first kappa shape index (κ1) is 19.8. The Labute approximate surface area is 169 Å². The molecule has 5 nitrogen and oxygen atoms in total. The molecule has 0 radical (unpaired) electrons. The molecular weight excluding hydrogens is 401 g/mol. The molecule has 1 fully saturated rings. The number of aromatic nitrogens is 2. The highest BCUT2D eigenvalue weighted by Gasteiger charge is 2.50. The van der Waals surface area contributed by atoms with Crippen LogP contribution in [0, 0.1) is 11.8 Å². The summed E-state index contributed by atoms with van der Waals surface area (Å²) >= 11 is 1.30. The Morgan fingerprint density at radius 3 is 2.76 bits per heavy atom. The highest BCUT2D eigenvalue weighted by molar-refractivity contribution is 7.18. The molecule has 1 aliphatic rings. The second-order valence-corrected chi connectivity index (χ2v) is 8.30. The molecule has 0 bridgehead atoms. The SMILES string of the molecule is CN=Cc1cc(-c2ccc3cc(C(O)C4CC(C(F)(F)F)C4)sc3n2)cnc1N. The largest absolute Gasteiger partial charge is 0.391 e. The number of thiophene rings is 1. The van der Waals surface area contributed by atoms with Gasteiger partial charge in [-0.15, -0.1) is 11.3 Å². The lowest BCUT2D eigenvalue weighted by molar-refractivity contribution is -0.212. The van der Waals surface area contributed by atoms with Gasteiger partial charge in [0.15, 0.2) is 0 Å². The normalized spacial score (nSPS) is 20.9. The maximum Gasteiger partial charge on any atom is 0.391 e. The van der Waals surface area contributed by atoms with Gasteiger partial charge >= 0.3 is 6.18 Å². The molecule has 0 saturated heterocycles. The van der Waals surface area contributed by atoms with Crippen molar-refractivity contribution in [2.75, 3.05) is 12.8 Å². The van der Waals surface area contributed by atoms with Crippen LogP contribution in [-0.2, 0) is 0 Å². The van der Waals surface area contributed by atoms with Crippen molar-refractivity contribution in [3.63, 3.8) is 0 Å². The quantitative estimate of drug-likeness (QED) is 0.604. The highest BCUT2D eigenvalue weighted by atomic mass is 32.1. The summed E-state index contributed by atoms with van der Waals surface area (Å²) in [5.74, 6) is -1.30. The molecule has 0 aromatic carbocycles. The fraction of sp³-hybridized carbons (Fsp3) is 0.350. The van der Waals surface area contributed by atoms with Crippen molar-refractivity contribution in [3.05, 3.63) is 40.9 Å². The smallest absolute Gasteiger partial charge is 0.387 e. The number of alkyl halides is 3. The fourth-order valence-corrected chi connectivity index (χ4v) is 4.65. The molecule has 1 saturated carbocycles. The van der Waals surface area contributed by atoms with Crippen LogP contribution in [0.3, 0.4) is 0 Å². The lowest BCUT2D eigenvalue weighted by Crippen LogP contribution is -2.38. The van der Waals surface area contributed by atoms with Gasteiger partial charge in [0.05, 0.1) is 17.7 Å². The van der Waals surface area contributed by atoms with Gasteiger partial charge in [-0.25, -0.2) is 9.97 Å². The van der Waals surface area contributed by atoms with E-state index in [4.69, 9.17) is 5.73 Å². The molecule has 0 spiro atoms. The molecule has 3 aromatic heterocycles. The molecule has 1 unspecified atom stereocenters. The molecule has 29 heavy (non-hydrogen) atoms. The summed E-state index contributed by atoms with van der Waals surface area (Å²) in [5, 5.41) is 11.4. The van der Waals surface area contributed by atoms with Gasteiger partial charge in [0.1, 0.15) is 10.6 Å². The van der Waals surface area contributed by atoms with E-state index in [0.717, 1.165) is 10.9 Å². The minimum absolute atomic E-state index is 0.0313. The number of nitrogen functional groups attached to an aromatic ring is 1. The Balaban J connectivity index is 1.58. The minimum Gasteiger partial charge on any atom is -0.387 e. The number of aliphatic imine (C=N–C) groups is 1. The number of nitrogens with zero attached hydrogens (tertiary/aromatic N) is 3. The van der Waals surface area contributed by atoms with E-state index >= 15 is 0 Å². The van der Waals surface area contributed by atoms with E-state index in [1.54, 1.807) is 25.5 Å². The first-order valence-corrected chi connectivity index (χ1v) is 9.91. The van der Waals surface area contributed by atoms with Crippen LogP contribution >= 0.6 is 11.3 Å². The third kappa shape index (κ3) is 3.84. The topological polar surface area (TPSA) is 84.4 Å². The second-order valence-electron chi connectivity index (χ2n) is 7.24. The number of hydrogen-bond acceptors (Lipinski definition) is 6. The van der Waals surface area contributed by atoms with Crippen LogP contribution < -0.4 is 5.73 Å². The Bertz CT molecular complexity index is 1070. The molecule has 3 N–H and O–H groups in total. The number of pyridine rings is 2. The van der Waals surface area contributed by atoms with Crippen LogP contribution in [0.25, 0.3) is 21.5 Å². The van der Waals surface area contributed by atoms with E-state index < -0.39 is 18.2 Å². The Morgan fingerprint density at radius 1 is 1.31 bits per heavy atom. The molecule has 1 aliphatic carbocycles. The molecule has 4 rings (SSSR count). The number of rotatable bonds is 4. The highest BCUT2D eigenvalue weighted by Crippen LogP contribution is 2.50. The molecule has 1 atom stereocenters. The average Bonchev–Trinajstić information content (AvgIpc) is 3.04. The maximum atomic E-state index is 12.7. The van der Waals surface area contributed by atoms with Crippen molar-refractivity contribution in [1.29, 1.82) is 0 Å². The van der Waals surface area contributed by atoms with Gasteiger partial charge in [-0.1, -0.05) is 0 Å². The average molecular weight is 420 g/mol. The molecule has 0 aliphatic heterocycles. The predicted molar refractivity (Wildman–Crippen MR) is 108 cm³/mol. The van der Waals surface area contributed by atoms with E-state index in [-0.39, 0.29) is 18.8 Å². The zero-order valence-electron chi connectivity index (χ0n) is 15.5. The number of halogens is 3. The van der Waals surface area contributed by atoms with E-state index in [2.05, 4.69) is 15.0 Å². The summed E-state index contributed by atoms with van der Waals surface area (Å²) in [4.78, 5) is 14.1. The summed E-state index contributed by atoms with van der Waals surface area (Å²) < 4.78 is 38.1. The standard InChI is InChI=1S/C20H19F3N4OS/c1-25-8-13-4-12(9-26-18(13)24)15-3-2-10-7-16(29-19(10)27-15)17(28)11-5-14(6-11)20(21,22)23/h2-4,7-9,11,14,17,28H,5-6H2,1H3,(H2,24,26). The van der Waals surface area contributed by atoms with E-state index in [0.29, 0.717) is 26.8 Å². The Morgan fingerprint density at radius 2 is 2.07 bits per heavy atom. The summed E-state index contributed by atoms with van der Waals surface area (Å²) in [6, 6.07) is 7.37. The zero-order chi connectivity index (χ0) is 20.8. The van der Waals surface area contributed by atoms with Gasteiger partial charge in [0.2, 0.25) is 0 Å². The van der Waals surface area contributed by atoms with Crippen LogP contribution in [0.15, 0.2) is 35.5 Å². The van der Waals surface area contributed by atoms with Crippen LogP contribution in [0.5, 0.6) is 0 Å². The third-order valence-electron chi connectivity index (χ3n) is 5.29. The van der Waals surface area contributed by atoms with Crippen molar-refractivity contribution in [2.45, 2.75) is 25.1 Å². The van der Waals surface area contributed by atoms with Crippen molar-refractivity contribution in [3.8, 4) is 11.3 Å². The number of hydrogen-bond donors (Lipinski definition) is 2. The van der Waals surface area contributed by atoms with Gasteiger partial charge < -0.3 is 10.8 Å². The molecule has 3 aromatic rings. The van der Waals surface area contributed by atoms with Crippen LogP contribution in [0.1, 0.15) is 29.4 Å². The van der Waals surface area contributed by atoms with Gasteiger partial charge in [-0.3, -0.25) is 4.99 Å². The van der Waals surface area contributed by atoms with E-state index in [1.807, 2.05) is 18.2 Å². The molecule has 152 valence electrons. The minimum atomic E-state index is -4.18. The number of anilines is 1. The molecule has 3 heterocycles. The molecule has 9 heteroatoms. The van der Waals surface area contributed by atoms with Gasteiger partial charge in [0, 0.05) is 40.8 Å². The summed E-state index contributed by atoms with van der Waals surface area (Å²) in [7, 11) is 1.65. The molecule has 0 amide bonds. The predicted octanol–water partition coefficient (Wildman–Crippen LogP) is 4.61. The van der Waals surface area contributed by atoms with Gasteiger partial charge in [0.25, 0.3) is 0 Å². The second kappa shape index (κ2) is 7.38. The number of aliphatic hydroxyl groups is 1. The van der Waals surface area contributed by atoms with E-state index in [9.17, 15) is 18.3 Å². The van der Waals surface area contributed by atoms with Crippen molar-refractivity contribution < 1.29 is 18.3 Å². The first-order chi connectivity index (χ1) is 13.8. The van der Waals surface area contributed by atoms with Crippen LogP contribution in [0.4, 0.5) is 19.0 Å². The van der Waals surface area contributed by atoms with Gasteiger partial charge in [-0.2, -0.15) is 13.2 Å². The Kier molecular flexibility index (Phi) is 5.04. The monoisotopic (exact) mass is 420 g/mol. The third-order valence-corrected chi connectivity index (χ3v) is 6.41. The van der Waals surface area contributed by atoms with Crippen LogP contribution in [0.2, 0.25) is 0 Å². The fourth-order valence-electron chi connectivity index (χ4n) is 3.54. The lowest BCUT2D eigenvalue weighted by Gasteiger charge is -2.38. The van der Waals surface area contributed by atoms with Crippen molar-refractivity contribution in [1.82, 2.24) is 9.97 Å². The summed E-state index contributed by atoms with van der Waals surface area (Å²) in [6.45, 7) is 0. The number of aliphatic hydroxyl groups excluding tert-OH is 1. The first-order valence-electron chi connectivity index (χ1n) is 9.09. The van der Waals surface area contributed by atoms with Crippen molar-refractivity contribution >= 4 is 33.6 Å². The summed E-state index contributed by atoms with van der Waals surface area (Å²) in [6.07, 6.45) is -1.89. The van der Waals surface area contributed by atoms with E-state index in [1.165, 1.54) is 11.3 Å². The Hall–Kier alpha value is -2.52. The van der Waals surface area contributed by atoms with Crippen molar-refractivity contribution in [2.24, 2.45) is 16.8 Å². The number of nitrogens with two attached hydrogens (primary N) is 1. The number of fused-ring (bicyclic) bond motifs is 1.